The van der Waals surface area contributed by atoms with Crippen LogP contribution in [0.15, 0.2) is 23.1 Å². The molecular formula is C15H15Cl2NO4S. The monoisotopic (exact) mass is 375 g/mol. The van der Waals surface area contributed by atoms with Gasteiger partial charge in [0.05, 0.1) is 11.5 Å². The van der Waals surface area contributed by atoms with E-state index in [2.05, 4.69) is 5.32 Å². The van der Waals surface area contributed by atoms with Crippen molar-refractivity contribution in [3.05, 3.63) is 28.7 Å². The molecule has 1 heterocycles. The van der Waals surface area contributed by atoms with Crippen molar-refractivity contribution in [2.75, 3.05) is 13.2 Å². The average molecular weight is 376 g/mol. The number of thioether (sulfide) groups is 1. The van der Waals surface area contributed by atoms with Crippen molar-refractivity contribution in [3.63, 3.8) is 0 Å². The number of alkyl halides is 2. The molecule has 0 atom stereocenters. The number of imide groups is 1. The van der Waals surface area contributed by atoms with Crippen molar-refractivity contribution in [3.8, 4) is 11.5 Å². The van der Waals surface area contributed by atoms with E-state index in [1.807, 2.05) is 6.92 Å². The first-order valence-corrected chi connectivity index (χ1v) is 8.61. The van der Waals surface area contributed by atoms with Crippen molar-refractivity contribution in [1.82, 2.24) is 5.32 Å². The van der Waals surface area contributed by atoms with Crippen LogP contribution in [-0.2, 0) is 4.79 Å². The predicted molar refractivity (Wildman–Crippen MR) is 92.3 cm³/mol. The molecule has 5 nitrogen and oxygen atoms in total. The lowest BCUT2D eigenvalue weighted by molar-refractivity contribution is -0.115. The van der Waals surface area contributed by atoms with Gasteiger partial charge in [-0.05, 0) is 42.0 Å². The molecule has 0 spiro atoms. The summed E-state index contributed by atoms with van der Waals surface area (Å²) in [6, 6.07) is 5.22. The van der Waals surface area contributed by atoms with Crippen LogP contribution < -0.4 is 14.8 Å². The minimum absolute atomic E-state index is 0.138. The Morgan fingerprint density at radius 1 is 1.26 bits per heavy atom. The molecule has 1 fully saturated rings. The number of rotatable bonds is 7. The predicted octanol–water partition coefficient (Wildman–Crippen LogP) is 3.98. The normalized spacial score (nSPS) is 16.1. The molecule has 2 rings (SSSR count). The molecule has 1 saturated heterocycles. The molecule has 1 aliphatic rings. The molecule has 2 amide bonds. The maximum absolute atomic E-state index is 11.6. The van der Waals surface area contributed by atoms with Crippen LogP contribution >= 0.6 is 35.0 Å². The summed E-state index contributed by atoms with van der Waals surface area (Å²) >= 11 is 12.2. The first-order chi connectivity index (χ1) is 11.0. The minimum atomic E-state index is -0.639. The molecule has 1 aliphatic heterocycles. The second-order valence-corrected chi connectivity index (χ2v) is 6.90. The molecule has 0 aliphatic carbocycles. The highest BCUT2D eigenvalue weighted by Crippen LogP contribution is 2.32. The van der Waals surface area contributed by atoms with E-state index in [1.54, 1.807) is 24.3 Å². The summed E-state index contributed by atoms with van der Waals surface area (Å²) in [6.45, 7) is 2.65. The molecule has 0 radical (unpaired) electrons. The van der Waals surface area contributed by atoms with Crippen LogP contribution in [0.1, 0.15) is 18.9 Å². The molecule has 0 bridgehead atoms. The standard InChI is InChI=1S/C15H15Cl2NO4S/c1-2-5-21-11-6-9(3-4-10(11)22-8-13(16)17)7-12-14(19)18-15(20)23-12/h3-4,6-7,13H,2,5,8H2,1H3,(H,18,19,20). The van der Waals surface area contributed by atoms with E-state index in [-0.39, 0.29) is 11.8 Å². The minimum Gasteiger partial charge on any atom is -0.490 e. The third kappa shape index (κ3) is 5.34. The number of halogens is 2. The van der Waals surface area contributed by atoms with Crippen LogP contribution in [0.4, 0.5) is 4.79 Å². The van der Waals surface area contributed by atoms with Gasteiger partial charge in [-0.3, -0.25) is 14.9 Å². The lowest BCUT2D eigenvalue weighted by Gasteiger charge is -2.13. The number of nitrogens with one attached hydrogen (secondary N) is 1. The summed E-state index contributed by atoms with van der Waals surface area (Å²) in [5, 5.41) is 1.84. The number of carbonyl (C=O) groups is 2. The maximum atomic E-state index is 11.6. The van der Waals surface area contributed by atoms with Crippen LogP contribution in [-0.4, -0.2) is 29.2 Å². The lowest BCUT2D eigenvalue weighted by Crippen LogP contribution is -2.17. The zero-order chi connectivity index (χ0) is 16.8. The SMILES string of the molecule is CCCOc1cc(C=C2SC(=O)NC2=O)ccc1OCC(Cl)Cl. The molecule has 1 N–H and O–H groups in total. The Morgan fingerprint density at radius 3 is 2.65 bits per heavy atom. The number of carbonyl (C=O) groups excluding carboxylic acids is 2. The largest absolute Gasteiger partial charge is 0.490 e. The summed E-state index contributed by atoms with van der Waals surface area (Å²) in [4.78, 5) is 22.5. The van der Waals surface area contributed by atoms with E-state index in [0.717, 1.165) is 23.7 Å². The van der Waals surface area contributed by atoms with Gasteiger partial charge in [0, 0.05) is 0 Å². The van der Waals surface area contributed by atoms with E-state index >= 15 is 0 Å². The van der Waals surface area contributed by atoms with Gasteiger partial charge < -0.3 is 9.47 Å². The second-order valence-electron chi connectivity index (χ2n) is 4.61. The first kappa shape index (κ1) is 18.0. The smallest absolute Gasteiger partial charge is 0.290 e. The van der Waals surface area contributed by atoms with Gasteiger partial charge >= 0.3 is 0 Å². The Morgan fingerprint density at radius 2 is 2.04 bits per heavy atom. The van der Waals surface area contributed by atoms with Crippen LogP contribution in [0.25, 0.3) is 6.08 Å². The van der Waals surface area contributed by atoms with Crippen molar-refractivity contribution in [2.45, 2.75) is 18.2 Å². The van der Waals surface area contributed by atoms with Gasteiger partial charge in [0.15, 0.2) is 11.5 Å². The van der Waals surface area contributed by atoms with Crippen molar-refractivity contribution in [2.24, 2.45) is 0 Å². The third-order valence-electron chi connectivity index (χ3n) is 2.73. The molecule has 1 aromatic carbocycles. The number of hydrogen-bond acceptors (Lipinski definition) is 5. The number of ether oxygens (including phenoxy) is 2. The van der Waals surface area contributed by atoms with Crippen molar-refractivity contribution < 1.29 is 19.1 Å². The Balaban J connectivity index is 2.22. The fraction of sp³-hybridized carbons (Fsp3) is 0.333. The fourth-order valence-electron chi connectivity index (χ4n) is 1.78. The van der Waals surface area contributed by atoms with E-state index in [1.165, 1.54) is 0 Å². The summed E-state index contributed by atoms with van der Waals surface area (Å²) in [7, 11) is 0. The van der Waals surface area contributed by atoms with E-state index in [0.29, 0.717) is 23.0 Å². The van der Waals surface area contributed by atoms with Crippen molar-refractivity contribution in [1.29, 1.82) is 0 Å². The van der Waals surface area contributed by atoms with Gasteiger partial charge in [-0.1, -0.05) is 13.0 Å². The van der Waals surface area contributed by atoms with E-state index in [4.69, 9.17) is 32.7 Å². The van der Waals surface area contributed by atoms with Crippen LogP contribution in [0.3, 0.4) is 0 Å². The Labute approximate surface area is 148 Å². The molecule has 23 heavy (non-hydrogen) atoms. The Bertz CT molecular complexity index is 634. The van der Waals surface area contributed by atoms with E-state index in [9.17, 15) is 9.59 Å². The van der Waals surface area contributed by atoms with Crippen molar-refractivity contribution >= 4 is 52.2 Å². The van der Waals surface area contributed by atoms with Gasteiger partial charge in [-0.2, -0.15) is 0 Å². The summed E-state index contributed by atoms with van der Waals surface area (Å²) in [6.07, 6.45) is 2.46. The molecule has 124 valence electrons. The van der Waals surface area contributed by atoms with Crippen LogP contribution in [0.5, 0.6) is 11.5 Å². The molecular weight excluding hydrogens is 361 g/mol. The van der Waals surface area contributed by atoms with E-state index < -0.39 is 10.7 Å². The number of amides is 2. The zero-order valence-corrected chi connectivity index (χ0v) is 14.6. The van der Waals surface area contributed by atoms with Crippen LogP contribution in [0.2, 0.25) is 0 Å². The van der Waals surface area contributed by atoms with Crippen LogP contribution in [0, 0.1) is 0 Å². The molecule has 8 heteroatoms. The second kappa shape index (κ2) is 8.47. The topological polar surface area (TPSA) is 64.6 Å². The summed E-state index contributed by atoms with van der Waals surface area (Å²) < 4.78 is 11.2. The molecule has 0 aromatic heterocycles. The third-order valence-corrected chi connectivity index (χ3v) is 3.80. The molecule has 1 aromatic rings. The number of hydrogen-bond donors (Lipinski definition) is 1. The summed E-state index contributed by atoms with van der Waals surface area (Å²) in [5.74, 6) is 0.653. The lowest BCUT2D eigenvalue weighted by atomic mass is 10.2. The highest BCUT2D eigenvalue weighted by molar-refractivity contribution is 8.18. The maximum Gasteiger partial charge on any atom is 0.290 e. The quantitative estimate of drug-likeness (QED) is 0.576. The Hall–Kier alpha value is -1.37. The van der Waals surface area contributed by atoms with Gasteiger partial charge in [0.2, 0.25) is 0 Å². The van der Waals surface area contributed by atoms with Gasteiger partial charge in [0.25, 0.3) is 11.1 Å². The highest BCUT2D eigenvalue weighted by Gasteiger charge is 2.25. The Kier molecular flexibility index (Phi) is 6.62. The number of benzene rings is 1. The highest BCUT2D eigenvalue weighted by atomic mass is 35.5. The van der Waals surface area contributed by atoms with Gasteiger partial charge in [-0.15, -0.1) is 23.2 Å². The first-order valence-electron chi connectivity index (χ1n) is 6.92. The van der Waals surface area contributed by atoms with Gasteiger partial charge in [0.1, 0.15) is 11.4 Å². The average Bonchev–Trinajstić information content (AvgIpc) is 2.81. The molecule has 0 saturated carbocycles. The summed E-state index contributed by atoms with van der Waals surface area (Å²) in [5.41, 5.74) is 0.726. The molecule has 0 unspecified atom stereocenters. The zero-order valence-electron chi connectivity index (χ0n) is 12.3. The fourth-order valence-corrected chi connectivity index (χ4v) is 2.59. The van der Waals surface area contributed by atoms with Gasteiger partial charge in [-0.25, -0.2) is 0 Å².